The van der Waals surface area contributed by atoms with Crippen LogP contribution in [0, 0.1) is 11.8 Å². The molecular formula is C14H22O4. The van der Waals surface area contributed by atoms with Gasteiger partial charge in [0.05, 0.1) is 24.9 Å². The second kappa shape index (κ2) is 5.17. The van der Waals surface area contributed by atoms with Crippen LogP contribution in [0.25, 0.3) is 0 Å². The fourth-order valence-corrected chi connectivity index (χ4v) is 3.90. The highest BCUT2D eigenvalue weighted by Gasteiger charge is 2.51. The number of unbranched alkanes of at least 4 members (excludes halogenated alkanes) is 1. The maximum Gasteiger partial charge on any atom is 0.303 e. The Morgan fingerprint density at radius 1 is 1.17 bits per heavy atom. The Balaban J connectivity index is 1.42. The first-order valence-electron chi connectivity index (χ1n) is 7.23. The summed E-state index contributed by atoms with van der Waals surface area (Å²) in [7, 11) is 0. The molecule has 3 aliphatic rings. The SMILES string of the molecule is O=C(O)CCCC[C@@H]1C[C@H]2[C@@H](CO1)[C@@H]1CC[C@H]2O1. The number of carboxylic acids is 1. The van der Waals surface area contributed by atoms with Crippen molar-refractivity contribution in [3.05, 3.63) is 0 Å². The number of fused-ring (bicyclic) bond motifs is 5. The predicted molar refractivity (Wildman–Crippen MR) is 65.3 cm³/mol. The minimum absolute atomic E-state index is 0.284. The molecule has 102 valence electrons. The number of carbonyl (C=O) groups is 1. The molecule has 3 saturated heterocycles. The summed E-state index contributed by atoms with van der Waals surface area (Å²) in [6, 6.07) is 0. The Hall–Kier alpha value is -0.610. The van der Waals surface area contributed by atoms with E-state index < -0.39 is 5.97 Å². The lowest BCUT2D eigenvalue weighted by Crippen LogP contribution is -2.39. The van der Waals surface area contributed by atoms with Crippen molar-refractivity contribution in [2.75, 3.05) is 6.61 Å². The molecule has 0 aromatic heterocycles. The van der Waals surface area contributed by atoms with Gasteiger partial charge in [-0.2, -0.15) is 0 Å². The van der Waals surface area contributed by atoms with Gasteiger partial charge < -0.3 is 14.6 Å². The largest absolute Gasteiger partial charge is 0.481 e. The normalized spacial score (nSPS) is 41.9. The first-order valence-corrected chi connectivity index (χ1v) is 7.23. The van der Waals surface area contributed by atoms with E-state index in [1.807, 2.05) is 0 Å². The standard InChI is InChI=1S/C14H22O4/c15-14(16)4-2-1-3-9-7-10-11(8-17-9)13-6-5-12(10)18-13/h9-13H,1-8H2,(H,15,16)/t9-,10+,11-,12-,13+/m1/s1. The van der Waals surface area contributed by atoms with Crippen LogP contribution >= 0.6 is 0 Å². The third-order valence-electron chi connectivity index (χ3n) is 4.82. The van der Waals surface area contributed by atoms with Crippen LogP contribution in [0.2, 0.25) is 0 Å². The van der Waals surface area contributed by atoms with Crippen LogP contribution in [0.1, 0.15) is 44.9 Å². The zero-order valence-electron chi connectivity index (χ0n) is 10.7. The smallest absolute Gasteiger partial charge is 0.303 e. The van der Waals surface area contributed by atoms with Gasteiger partial charge in [0.25, 0.3) is 0 Å². The van der Waals surface area contributed by atoms with Crippen molar-refractivity contribution < 1.29 is 19.4 Å². The molecule has 0 saturated carbocycles. The highest BCUT2D eigenvalue weighted by Crippen LogP contribution is 2.48. The highest BCUT2D eigenvalue weighted by atomic mass is 16.5. The minimum Gasteiger partial charge on any atom is -0.481 e. The third-order valence-corrected chi connectivity index (χ3v) is 4.82. The number of carboxylic acid groups (broad SMARTS) is 1. The molecular weight excluding hydrogens is 232 g/mol. The summed E-state index contributed by atoms with van der Waals surface area (Å²) in [6.45, 7) is 0.857. The molecule has 0 radical (unpaired) electrons. The van der Waals surface area contributed by atoms with E-state index in [1.165, 1.54) is 12.8 Å². The quantitative estimate of drug-likeness (QED) is 0.764. The van der Waals surface area contributed by atoms with Gasteiger partial charge >= 0.3 is 5.97 Å². The Kier molecular flexibility index (Phi) is 3.57. The van der Waals surface area contributed by atoms with Crippen molar-refractivity contribution in [1.29, 1.82) is 0 Å². The first kappa shape index (κ1) is 12.4. The molecule has 0 unspecified atom stereocenters. The molecule has 0 spiro atoms. The van der Waals surface area contributed by atoms with Crippen molar-refractivity contribution >= 4 is 5.97 Å². The average molecular weight is 254 g/mol. The molecule has 0 aromatic carbocycles. The van der Waals surface area contributed by atoms with Crippen molar-refractivity contribution in [1.82, 2.24) is 0 Å². The lowest BCUT2D eigenvalue weighted by molar-refractivity contribution is -0.137. The molecule has 4 heteroatoms. The summed E-state index contributed by atoms with van der Waals surface area (Å²) < 4.78 is 11.9. The van der Waals surface area contributed by atoms with E-state index in [2.05, 4.69) is 0 Å². The topological polar surface area (TPSA) is 55.8 Å². The van der Waals surface area contributed by atoms with Gasteiger partial charge in [-0.05, 0) is 38.0 Å². The van der Waals surface area contributed by atoms with Crippen LogP contribution in [0.15, 0.2) is 0 Å². The maximum absolute atomic E-state index is 10.4. The number of ether oxygens (including phenoxy) is 2. The molecule has 0 aliphatic carbocycles. The van der Waals surface area contributed by atoms with Gasteiger partial charge in [-0.25, -0.2) is 0 Å². The van der Waals surface area contributed by atoms with E-state index >= 15 is 0 Å². The lowest BCUT2D eigenvalue weighted by Gasteiger charge is -2.36. The highest BCUT2D eigenvalue weighted by molar-refractivity contribution is 5.66. The second-order valence-corrected chi connectivity index (χ2v) is 5.95. The van der Waals surface area contributed by atoms with Crippen molar-refractivity contribution in [3.8, 4) is 0 Å². The van der Waals surface area contributed by atoms with E-state index in [1.54, 1.807) is 0 Å². The summed E-state index contributed by atoms with van der Waals surface area (Å²) in [5.74, 6) is 0.655. The Morgan fingerprint density at radius 3 is 2.72 bits per heavy atom. The Bertz CT molecular complexity index is 317. The zero-order chi connectivity index (χ0) is 12.5. The van der Waals surface area contributed by atoms with Gasteiger partial charge in [-0.3, -0.25) is 4.79 Å². The first-order chi connectivity index (χ1) is 8.74. The van der Waals surface area contributed by atoms with Crippen LogP contribution < -0.4 is 0 Å². The van der Waals surface area contributed by atoms with Crippen LogP contribution in [-0.2, 0) is 14.3 Å². The number of hydrogen-bond donors (Lipinski definition) is 1. The molecule has 0 aromatic rings. The lowest BCUT2D eigenvalue weighted by atomic mass is 9.75. The van der Waals surface area contributed by atoms with Crippen LogP contribution in [0.3, 0.4) is 0 Å². The molecule has 5 atom stereocenters. The maximum atomic E-state index is 10.4. The zero-order valence-corrected chi connectivity index (χ0v) is 10.7. The van der Waals surface area contributed by atoms with E-state index in [4.69, 9.17) is 14.6 Å². The molecule has 4 nitrogen and oxygen atoms in total. The summed E-state index contributed by atoms with van der Waals surface area (Å²) in [4.78, 5) is 10.4. The van der Waals surface area contributed by atoms with Gasteiger partial charge in [0.2, 0.25) is 0 Å². The Labute approximate surface area is 108 Å². The second-order valence-electron chi connectivity index (χ2n) is 5.95. The third kappa shape index (κ3) is 2.41. The van der Waals surface area contributed by atoms with E-state index in [0.717, 1.165) is 32.3 Å². The fraction of sp³-hybridized carbons (Fsp3) is 0.929. The number of rotatable bonds is 5. The number of hydrogen-bond acceptors (Lipinski definition) is 3. The van der Waals surface area contributed by atoms with Gasteiger partial charge in [0.1, 0.15) is 0 Å². The van der Waals surface area contributed by atoms with E-state index in [-0.39, 0.29) is 6.42 Å². The minimum atomic E-state index is -0.693. The predicted octanol–water partition coefficient (Wildman–Crippen LogP) is 2.21. The summed E-state index contributed by atoms with van der Waals surface area (Å²) in [5.41, 5.74) is 0. The molecule has 0 amide bonds. The molecule has 3 rings (SSSR count). The van der Waals surface area contributed by atoms with Crippen molar-refractivity contribution in [2.24, 2.45) is 11.8 Å². The molecule has 1 N–H and O–H groups in total. The summed E-state index contributed by atoms with van der Waals surface area (Å²) in [6.07, 6.45) is 7.89. The monoisotopic (exact) mass is 254 g/mol. The summed E-state index contributed by atoms with van der Waals surface area (Å²) >= 11 is 0. The van der Waals surface area contributed by atoms with Crippen LogP contribution in [-0.4, -0.2) is 36.0 Å². The average Bonchev–Trinajstić information content (AvgIpc) is 2.95. The number of aliphatic carboxylic acids is 1. The van der Waals surface area contributed by atoms with Gasteiger partial charge in [-0.1, -0.05) is 6.42 Å². The Morgan fingerprint density at radius 2 is 1.94 bits per heavy atom. The van der Waals surface area contributed by atoms with E-state index in [9.17, 15) is 4.79 Å². The summed E-state index contributed by atoms with van der Waals surface area (Å²) in [5, 5.41) is 8.60. The fourth-order valence-electron chi connectivity index (χ4n) is 3.90. The van der Waals surface area contributed by atoms with E-state index in [0.29, 0.717) is 30.1 Å². The molecule has 3 aliphatic heterocycles. The van der Waals surface area contributed by atoms with Crippen molar-refractivity contribution in [3.63, 3.8) is 0 Å². The van der Waals surface area contributed by atoms with Gasteiger partial charge in [0, 0.05) is 12.3 Å². The van der Waals surface area contributed by atoms with Crippen LogP contribution in [0.4, 0.5) is 0 Å². The molecule has 2 bridgehead atoms. The van der Waals surface area contributed by atoms with Gasteiger partial charge in [0.15, 0.2) is 0 Å². The molecule has 3 heterocycles. The molecule has 18 heavy (non-hydrogen) atoms. The van der Waals surface area contributed by atoms with Crippen LogP contribution in [0.5, 0.6) is 0 Å². The van der Waals surface area contributed by atoms with Crippen molar-refractivity contribution in [2.45, 2.75) is 63.3 Å². The molecule has 3 fully saturated rings. The van der Waals surface area contributed by atoms with Gasteiger partial charge in [-0.15, -0.1) is 0 Å².